The molecule has 0 heterocycles. The van der Waals surface area contributed by atoms with Gasteiger partial charge in [0.2, 0.25) is 0 Å². The van der Waals surface area contributed by atoms with Crippen LogP contribution in [-0.4, -0.2) is 4.99 Å². The van der Waals surface area contributed by atoms with Crippen LogP contribution in [0.1, 0.15) is 11.1 Å². The Kier molecular flexibility index (Phi) is 3.89. The zero-order valence-corrected chi connectivity index (χ0v) is 10.4. The lowest BCUT2D eigenvalue weighted by atomic mass is 10.1. The number of benzene rings is 2. The predicted molar refractivity (Wildman–Crippen MR) is 73.1 cm³/mol. The molecule has 2 aromatic carbocycles. The number of hydrogen-bond acceptors (Lipinski definition) is 2. The zero-order chi connectivity index (χ0) is 13.0. The van der Waals surface area contributed by atoms with Crippen LogP contribution >= 0.6 is 12.2 Å². The minimum Gasteiger partial charge on any atom is -0.489 e. The van der Waals surface area contributed by atoms with Crippen molar-refractivity contribution >= 4 is 17.2 Å². The van der Waals surface area contributed by atoms with E-state index in [9.17, 15) is 4.39 Å². The van der Waals surface area contributed by atoms with E-state index in [1.807, 2.05) is 30.3 Å². The Balaban J connectivity index is 2.14. The lowest BCUT2D eigenvalue weighted by Crippen LogP contribution is -2.10. The number of halogens is 1. The van der Waals surface area contributed by atoms with E-state index in [1.54, 1.807) is 12.1 Å². The molecule has 0 aliphatic carbocycles. The third-order valence-corrected chi connectivity index (χ3v) is 2.70. The molecule has 0 aromatic heterocycles. The summed E-state index contributed by atoms with van der Waals surface area (Å²) in [6.07, 6.45) is 0. The molecular formula is C14H12FNOS. The first-order chi connectivity index (χ1) is 8.66. The van der Waals surface area contributed by atoms with Gasteiger partial charge in [-0.25, -0.2) is 4.39 Å². The van der Waals surface area contributed by atoms with Crippen LogP contribution in [0.25, 0.3) is 0 Å². The van der Waals surface area contributed by atoms with E-state index < -0.39 is 0 Å². The molecule has 0 saturated heterocycles. The highest BCUT2D eigenvalue weighted by atomic mass is 32.1. The van der Waals surface area contributed by atoms with E-state index in [4.69, 9.17) is 22.7 Å². The summed E-state index contributed by atoms with van der Waals surface area (Å²) < 4.78 is 19.1. The van der Waals surface area contributed by atoms with Crippen LogP contribution in [0.5, 0.6) is 5.75 Å². The number of ether oxygens (including phenoxy) is 1. The van der Waals surface area contributed by atoms with Gasteiger partial charge >= 0.3 is 0 Å². The van der Waals surface area contributed by atoms with Crippen LogP contribution in [0.3, 0.4) is 0 Å². The first-order valence-corrected chi connectivity index (χ1v) is 5.84. The van der Waals surface area contributed by atoms with Gasteiger partial charge in [-0.15, -0.1) is 0 Å². The molecule has 4 heteroatoms. The third kappa shape index (κ3) is 3.05. The van der Waals surface area contributed by atoms with Gasteiger partial charge in [-0.2, -0.15) is 0 Å². The Morgan fingerprint density at radius 3 is 2.56 bits per heavy atom. The van der Waals surface area contributed by atoms with Crippen LogP contribution in [-0.2, 0) is 6.61 Å². The van der Waals surface area contributed by atoms with Crippen molar-refractivity contribution in [2.75, 3.05) is 0 Å². The highest BCUT2D eigenvalue weighted by molar-refractivity contribution is 7.80. The van der Waals surface area contributed by atoms with Crippen molar-refractivity contribution in [3.05, 3.63) is 65.5 Å². The topological polar surface area (TPSA) is 35.2 Å². The molecule has 2 rings (SSSR count). The van der Waals surface area contributed by atoms with Crippen molar-refractivity contribution in [2.45, 2.75) is 6.61 Å². The molecule has 0 unspecified atom stereocenters. The van der Waals surface area contributed by atoms with E-state index in [-0.39, 0.29) is 17.4 Å². The van der Waals surface area contributed by atoms with E-state index >= 15 is 0 Å². The Bertz CT molecular complexity index is 557. The van der Waals surface area contributed by atoms with Crippen LogP contribution in [0.4, 0.5) is 4.39 Å². The molecule has 0 aliphatic heterocycles. The van der Waals surface area contributed by atoms with Gasteiger partial charge in [0.1, 0.15) is 23.2 Å². The molecule has 0 amide bonds. The zero-order valence-electron chi connectivity index (χ0n) is 9.60. The minimum atomic E-state index is -0.328. The van der Waals surface area contributed by atoms with E-state index in [1.165, 1.54) is 6.07 Å². The fraction of sp³-hybridized carbons (Fsp3) is 0.0714. The van der Waals surface area contributed by atoms with E-state index in [0.717, 1.165) is 0 Å². The summed E-state index contributed by atoms with van der Waals surface area (Å²) in [7, 11) is 0. The standard InChI is InChI=1S/C14H12FNOS/c15-13-7-6-10(14(16)18)8-11(13)9-17-12-4-2-1-3-5-12/h1-8H,9H2,(H2,16,18). The lowest BCUT2D eigenvalue weighted by molar-refractivity contribution is 0.300. The van der Waals surface area contributed by atoms with Gasteiger partial charge in [-0.05, 0) is 30.3 Å². The predicted octanol–water partition coefficient (Wildman–Crippen LogP) is 3.04. The SMILES string of the molecule is NC(=S)c1ccc(F)c(COc2ccccc2)c1. The molecule has 2 nitrogen and oxygen atoms in total. The molecule has 2 N–H and O–H groups in total. The molecular weight excluding hydrogens is 249 g/mol. The summed E-state index contributed by atoms with van der Waals surface area (Å²) in [6, 6.07) is 13.8. The Morgan fingerprint density at radius 2 is 1.89 bits per heavy atom. The van der Waals surface area contributed by atoms with Gasteiger partial charge < -0.3 is 10.5 Å². The smallest absolute Gasteiger partial charge is 0.129 e. The lowest BCUT2D eigenvalue weighted by Gasteiger charge is -2.08. The summed E-state index contributed by atoms with van der Waals surface area (Å²) >= 11 is 4.86. The van der Waals surface area contributed by atoms with E-state index in [0.29, 0.717) is 16.9 Å². The average Bonchev–Trinajstić information content (AvgIpc) is 2.38. The van der Waals surface area contributed by atoms with Gasteiger partial charge in [0.05, 0.1) is 0 Å². The van der Waals surface area contributed by atoms with E-state index in [2.05, 4.69) is 0 Å². The Morgan fingerprint density at radius 1 is 1.17 bits per heavy atom. The monoisotopic (exact) mass is 261 g/mol. The summed E-state index contributed by atoms with van der Waals surface area (Å²) in [6.45, 7) is 0.145. The van der Waals surface area contributed by atoms with Crippen molar-refractivity contribution in [3.63, 3.8) is 0 Å². The third-order valence-electron chi connectivity index (χ3n) is 2.47. The molecule has 0 saturated carbocycles. The van der Waals surface area contributed by atoms with Crippen molar-refractivity contribution in [3.8, 4) is 5.75 Å². The summed E-state index contributed by atoms with van der Waals surface area (Å²) in [5, 5.41) is 0. The first-order valence-electron chi connectivity index (χ1n) is 5.43. The number of rotatable bonds is 4. The fourth-order valence-electron chi connectivity index (χ4n) is 1.52. The summed E-state index contributed by atoms with van der Waals surface area (Å²) in [5.74, 6) is 0.364. The summed E-state index contributed by atoms with van der Waals surface area (Å²) in [5.41, 5.74) is 6.58. The second-order valence-corrected chi connectivity index (χ2v) is 4.21. The average molecular weight is 261 g/mol. The van der Waals surface area contributed by atoms with Crippen molar-refractivity contribution in [1.29, 1.82) is 0 Å². The highest BCUT2D eigenvalue weighted by Crippen LogP contribution is 2.15. The molecule has 0 atom stereocenters. The normalized spacial score (nSPS) is 10.1. The molecule has 92 valence electrons. The maximum atomic E-state index is 13.6. The molecule has 18 heavy (non-hydrogen) atoms. The maximum Gasteiger partial charge on any atom is 0.129 e. The molecule has 0 bridgehead atoms. The van der Waals surface area contributed by atoms with Crippen molar-refractivity contribution in [2.24, 2.45) is 5.73 Å². The number of para-hydroxylation sites is 1. The number of hydrogen-bond donors (Lipinski definition) is 1. The minimum absolute atomic E-state index is 0.145. The molecule has 0 aliphatic rings. The molecule has 0 radical (unpaired) electrons. The van der Waals surface area contributed by atoms with Gasteiger partial charge in [0.15, 0.2) is 0 Å². The Hall–Kier alpha value is -1.94. The number of nitrogens with two attached hydrogens (primary N) is 1. The fourth-order valence-corrected chi connectivity index (χ4v) is 1.64. The Labute approximate surface area is 110 Å². The van der Waals surface area contributed by atoms with Crippen LogP contribution in [0.15, 0.2) is 48.5 Å². The first kappa shape index (κ1) is 12.5. The van der Waals surface area contributed by atoms with Crippen LogP contribution in [0.2, 0.25) is 0 Å². The van der Waals surface area contributed by atoms with Crippen LogP contribution < -0.4 is 10.5 Å². The molecule has 2 aromatic rings. The summed E-state index contributed by atoms with van der Waals surface area (Å²) in [4.78, 5) is 0.246. The van der Waals surface area contributed by atoms with Crippen molar-refractivity contribution in [1.82, 2.24) is 0 Å². The van der Waals surface area contributed by atoms with Gasteiger partial charge in [0.25, 0.3) is 0 Å². The number of thiocarbonyl (C=S) groups is 1. The molecule has 0 fully saturated rings. The quantitative estimate of drug-likeness (QED) is 0.859. The molecule has 0 spiro atoms. The largest absolute Gasteiger partial charge is 0.489 e. The second-order valence-electron chi connectivity index (χ2n) is 3.77. The van der Waals surface area contributed by atoms with Gasteiger partial charge in [-0.3, -0.25) is 0 Å². The van der Waals surface area contributed by atoms with Crippen molar-refractivity contribution < 1.29 is 9.13 Å². The second kappa shape index (κ2) is 5.60. The van der Waals surface area contributed by atoms with Crippen LogP contribution in [0, 0.1) is 5.82 Å². The van der Waals surface area contributed by atoms with Gasteiger partial charge in [0, 0.05) is 11.1 Å². The highest BCUT2D eigenvalue weighted by Gasteiger charge is 2.06. The maximum absolute atomic E-state index is 13.6. The van der Waals surface area contributed by atoms with Gasteiger partial charge in [-0.1, -0.05) is 30.4 Å².